The molecule has 2 aromatic carbocycles. The van der Waals surface area contributed by atoms with Gasteiger partial charge in [-0.25, -0.2) is 0 Å². The molecule has 0 spiro atoms. The maximum Gasteiger partial charge on any atom is 0.124 e. The lowest BCUT2D eigenvalue weighted by molar-refractivity contribution is 0.427. The molecule has 2 rings (SSSR count). The lowest BCUT2D eigenvalue weighted by Gasteiger charge is -2.21. The van der Waals surface area contributed by atoms with Crippen molar-refractivity contribution in [2.45, 2.75) is 25.9 Å². The summed E-state index contributed by atoms with van der Waals surface area (Å²) in [5.41, 5.74) is 1.94. The highest BCUT2D eigenvalue weighted by molar-refractivity contribution is 9.10. The fraction of sp³-hybridized carbons (Fsp3) is 0.250. The van der Waals surface area contributed by atoms with Crippen LogP contribution in [0.5, 0.6) is 11.5 Å². The van der Waals surface area contributed by atoms with Crippen molar-refractivity contribution in [3.8, 4) is 11.5 Å². The van der Waals surface area contributed by atoms with Crippen LogP contribution in [0.3, 0.4) is 0 Å². The third-order valence-corrected chi connectivity index (χ3v) is 3.82. The van der Waals surface area contributed by atoms with Gasteiger partial charge in [0.1, 0.15) is 11.5 Å². The lowest BCUT2D eigenvalue weighted by atomic mass is 10.0. The van der Waals surface area contributed by atoms with Crippen molar-refractivity contribution in [1.29, 1.82) is 0 Å². The van der Waals surface area contributed by atoms with Crippen LogP contribution < -0.4 is 5.32 Å². The van der Waals surface area contributed by atoms with Crippen LogP contribution in [0.2, 0.25) is 0 Å². The van der Waals surface area contributed by atoms with E-state index < -0.39 is 0 Å². The molecule has 0 aromatic heterocycles. The molecule has 3 N–H and O–H groups in total. The second-order valence-corrected chi connectivity index (χ2v) is 5.82. The topological polar surface area (TPSA) is 52.5 Å². The molecule has 0 fully saturated rings. The van der Waals surface area contributed by atoms with Crippen LogP contribution in [-0.2, 0) is 0 Å². The number of phenols is 2. The number of hydrogen-bond donors (Lipinski definition) is 3. The highest BCUT2D eigenvalue weighted by Crippen LogP contribution is 2.29. The van der Waals surface area contributed by atoms with Crippen molar-refractivity contribution >= 4 is 15.9 Å². The fourth-order valence-corrected chi connectivity index (χ4v) is 2.65. The molecule has 0 saturated carbocycles. The van der Waals surface area contributed by atoms with E-state index in [1.54, 1.807) is 12.1 Å². The summed E-state index contributed by atoms with van der Waals surface area (Å²) in [5.74, 6) is 0.171. The molecule has 2 aromatic rings. The first kappa shape index (κ1) is 14.9. The van der Waals surface area contributed by atoms with E-state index in [1.807, 2.05) is 19.1 Å². The van der Waals surface area contributed by atoms with Gasteiger partial charge in [0.2, 0.25) is 0 Å². The van der Waals surface area contributed by atoms with Crippen molar-refractivity contribution in [3.05, 3.63) is 58.1 Å². The smallest absolute Gasteiger partial charge is 0.124 e. The molecular weight excluding hydrogens is 318 g/mol. The zero-order valence-electron chi connectivity index (χ0n) is 11.5. The number of rotatable bonds is 4. The Bertz CT molecular complexity index is 601. The van der Waals surface area contributed by atoms with Crippen molar-refractivity contribution in [1.82, 2.24) is 5.32 Å². The first-order chi connectivity index (χ1) is 9.47. The van der Waals surface area contributed by atoms with E-state index >= 15 is 0 Å². The molecule has 0 amide bonds. The molecule has 2 atom stereocenters. The number of hydrogen-bond acceptors (Lipinski definition) is 3. The molecular formula is C16H18BrNO2. The van der Waals surface area contributed by atoms with Gasteiger partial charge in [-0.05, 0) is 37.6 Å². The Kier molecular flexibility index (Phi) is 4.68. The average Bonchev–Trinajstić information content (AvgIpc) is 2.38. The van der Waals surface area contributed by atoms with Gasteiger partial charge in [-0.1, -0.05) is 34.1 Å². The normalized spacial score (nSPS) is 13.9. The van der Waals surface area contributed by atoms with E-state index in [0.29, 0.717) is 0 Å². The van der Waals surface area contributed by atoms with Crippen LogP contribution >= 0.6 is 15.9 Å². The summed E-state index contributed by atoms with van der Waals surface area (Å²) < 4.78 is 1.05. The van der Waals surface area contributed by atoms with Crippen LogP contribution in [0.4, 0.5) is 0 Å². The average molecular weight is 336 g/mol. The molecule has 0 radical (unpaired) electrons. The summed E-state index contributed by atoms with van der Waals surface area (Å²) in [6.07, 6.45) is 0. The Balaban J connectivity index is 2.12. The van der Waals surface area contributed by atoms with Crippen LogP contribution in [0.25, 0.3) is 0 Å². The van der Waals surface area contributed by atoms with Gasteiger partial charge in [0.05, 0.1) is 0 Å². The zero-order chi connectivity index (χ0) is 14.7. The van der Waals surface area contributed by atoms with Crippen LogP contribution in [0.15, 0.2) is 46.9 Å². The molecule has 0 aliphatic heterocycles. The third-order valence-electron chi connectivity index (χ3n) is 3.33. The Morgan fingerprint density at radius 1 is 1.00 bits per heavy atom. The SMILES string of the molecule is CC(N[C@H](C)c1cccc(Br)c1)c1ccc(O)cc1O. The van der Waals surface area contributed by atoms with E-state index in [1.165, 1.54) is 11.6 Å². The summed E-state index contributed by atoms with van der Waals surface area (Å²) in [4.78, 5) is 0. The van der Waals surface area contributed by atoms with Gasteiger partial charge in [-0.2, -0.15) is 0 Å². The monoisotopic (exact) mass is 335 g/mol. The molecule has 0 saturated heterocycles. The highest BCUT2D eigenvalue weighted by atomic mass is 79.9. The highest BCUT2D eigenvalue weighted by Gasteiger charge is 2.14. The van der Waals surface area contributed by atoms with Crippen molar-refractivity contribution in [3.63, 3.8) is 0 Å². The first-order valence-corrected chi connectivity index (χ1v) is 7.30. The second-order valence-electron chi connectivity index (χ2n) is 4.91. The summed E-state index contributed by atoms with van der Waals surface area (Å²) in [7, 11) is 0. The van der Waals surface area contributed by atoms with Gasteiger partial charge >= 0.3 is 0 Å². The number of aromatic hydroxyl groups is 2. The molecule has 0 aliphatic rings. The quantitative estimate of drug-likeness (QED) is 0.781. The van der Waals surface area contributed by atoms with Crippen LogP contribution in [0.1, 0.15) is 37.1 Å². The lowest BCUT2D eigenvalue weighted by Crippen LogP contribution is -2.22. The first-order valence-electron chi connectivity index (χ1n) is 6.50. The van der Waals surface area contributed by atoms with Gasteiger partial charge < -0.3 is 15.5 Å². The summed E-state index contributed by atoms with van der Waals surface area (Å²) in [6.45, 7) is 4.07. The molecule has 4 heteroatoms. The molecule has 0 bridgehead atoms. The van der Waals surface area contributed by atoms with Gasteiger partial charge in [0.15, 0.2) is 0 Å². The van der Waals surface area contributed by atoms with Crippen molar-refractivity contribution in [2.75, 3.05) is 0 Å². The predicted molar refractivity (Wildman–Crippen MR) is 83.9 cm³/mol. The van der Waals surface area contributed by atoms with Gasteiger partial charge in [0, 0.05) is 28.2 Å². The third kappa shape index (κ3) is 3.52. The number of nitrogens with one attached hydrogen (secondary N) is 1. The van der Waals surface area contributed by atoms with Crippen LogP contribution in [0, 0.1) is 0 Å². The van der Waals surface area contributed by atoms with E-state index in [2.05, 4.69) is 40.3 Å². The second kappa shape index (κ2) is 6.29. The van der Waals surface area contributed by atoms with Crippen LogP contribution in [-0.4, -0.2) is 10.2 Å². The minimum absolute atomic E-state index is 0.0235. The zero-order valence-corrected chi connectivity index (χ0v) is 13.1. The Hall–Kier alpha value is -1.52. The number of halogens is 1. The largest absolute Gasteiger partial charge is 0.508 e. The molecule has 0 heterocycles. The van der Waals surface area contributed by atoms with E-state index in [4.69, 9.17) is 0 Å². The molecule has 106 valence electrons. The summed E-state index contributed by atoms with van der Waals surface area (Å²) in [6, 6.07) is 12.9. The van der Waals surface area contributed by atoms with Gasteiger partial charge in [-0.3, -0.25) is 0 Å². The van der Waals surface area contributed by atoms with E-state index in [9.17, 15) is 10.2 Å². The van der Waals surface area contributed by atoms with Crippen molar-refractivity contribution in [2.24, 2.45) is 0 Å². The Morgan fingerprint density at radius 3 is 2.40 bits per heavy atom. The van der Waals surface area contributed by atoms with Gasteiger partial charge in [0.25, 0.3) is 0 Å². The molecule has 0 aliphatic carbocycles. The molecule has 1 unspecified atom stereocenters. The van der Waals surface area contributed by atoms with Gasteiger partial charge in [-0.15, -0.1) is 0 Å². The fourth-order valence-electron chi connectivity index (χ4n) is 2.24. The number of benzene rings is 2. The maximum absolute atomic E-state index is 9.88. The summed E-state index contributed by atoms with van der Waals surface area (Å²) >= 11 is 3.47. The molecule has 3 nitrogen and oxygen atoms in total. The predicted octanol–water partition coefficient (Wildman–Crippen LogP) is 4.27. The summed E-state index contributed by atoms with van der Waals surface area (Å²) in [5, 5.41) is 22.6. The molecule has 20 heavy (non-hydrogen) atoms. The minimum Gasteiger partial charge on any atom is -0.508 e. The standard InChI is InChI=1S/C16H18BrNO2/c1-10(12-4-3-5-13(17)8-12)18-11(2)15-7-6-14(19)9-16(15)20/h3-11,18-20H,1-2H3/t10-,11?/m1/s1. The maximum atomic E-state index is 9.88. The van der Waals surface area contributed by atoms with Crippen molar-refractivity contribution < 1.29 is 10.2 Å². The Labute approximate surface area is 127 Å². The minimum atomic E-state index is -0.0235. The number of phenolic OH excluding ortho intramolecular Hbond substituents is 2. The Morgan fingerprint density at radius 2 is 1.75 bits per heavy atom. The van der Waals surface area contributed by atoms with E-state index in [0.717, 1.165) is 10.0 Å². The van der Waals surface area contributed by atoms with E-state index in [-0.39, 0.29) is 23.6 Å².